The summed E-state index contributed by atoms with van der Waals surface area (Å²) in [6.07, 6.45) is 0.514. The molecule has 2 rings (SSSR count). The van der Waals surface area contributed by atoms with Gasteiger partial charge in [0.05, 0.1) is 13.2 Å². The zero-order valence-electron chi connectivity index (χ0n) is 12.0. The first kappa shape index (κ1) is 15.8. The van der Waals surface area contributed by atoms with Crippen LogP contribution in [0.25, 0.3) is 0 Å². The summed E-state index contributed by atoms with van der Waals surface area (Å²) >= 11 is 5.78. The van der Waals surface area contributed by atoms with Crippen LogP contribution in [0, 0.1) is 12.7 Å². The van der Waals surface area contributed by atoms with Crippen molar-refractivity contribution >= 4 is 11.6 Å². The van der Waals surface area contributed by atoms with Gasteiger partial charge in [0.25, 0.3) is 0 Å². The second-order valence-corrected chi connectivity index (χ2v) is 5.34. The van der Waals surface area contributed by atoms with Gasteiger partial charge in [-0.2, -0.15) is 0 Å². The molecule has 1 unspecified atom stereocenters. The number of methoxy groups -OCH3 is 1. The highest BCUT2D eigenvalue weighted by atomic mass is 35.5. The third-order valence-corrected chi connectivity index (χ3v) is 3.63. The summed E-state index contributed by atoms with van der Waals surface area (Å²) < 4.78 is 19.4. The van der Waals surface area contributed by atoms with E-state index in [9.17, 15) is 4.39 Å². The van der Waals surface area contributed by atoms with Crippen LogP contribution in [0.1, 0.15) is 22.7 Å². The number of aryl methyl sites for hydroxylation is 1. The van der Waals surface area contributed by atoms with Crippen molar-refractivity contribution in [2.75, 3.05) is 7.11 Å². The van der Waals surface area contributed by atoms with E-state index in [4.69, 9.17) is 22.2 Å². The van der Waals surface area contributed by atoms with Crippen molar-refractivity contribution in [3.05, 3.63) is 63.9 Å². The molecule has 0 spiro atoms. The largest absolute Gasteiger partial charge is 0.496 e. The maximum absolute atomic E-state index is 14.0. The number of nitrogens with one attached hydrogen (secondary N) is 1. The van der Waals surface area contributed by atoms with Crippen molar-refractivity contribution in [1.82, 2.24) is 5.43 Å². The van der Waals surface area contributed by atoms with Crippen molar-refractivity contribution in [2.45, 2.75) is 19.4 Å². The van der Waals surface area contributed by atoms with Crippen LogP contribution in [-0.2, 0) is 6.42 Å². The Morgan fingerprint density at radius 2 is 2.05 bits per heavy atom. The van der Waals surface area contributed by atoms with E-state index in [0.29, 0.717) is 17.0 Å². The van der Waals surface area contributed by atoms with Gasteiger partial charge in [-0.3, -0.25) is 11.3 Å². The van der Waals surface area contributed by atoms with Crippen molar-refractivity contribution in [3.8, 4) is 5.75 Å². The van der Waals surface area contributed by atoms with Gasteiger partial charge >= 0.3 is 0 Å². The lowest BCUT2D eigenvalue weighted by molar-refractivity contribution is 0.404. The Hall–Kier alpha value is -1.62. The Morgan fingerprint density at radius 1 is 1.29 bits per heavy atom. The predicted octanol–water partition coefficient (Wildman–Crippen LogP) is 3.54. The quantitative estimate of drug-likeness (QED) is 0.656. The molecule has 0 aromatic heterocycles. The number of rotatable bonds is 5. The van der Waals surface area contributed by atoms with E-state index in [-0.39, 0.29) is 11.9 Å². The van der Waals surface area contributed by atoms with Gasteiger partial charge in [-0.25, -0.2) is 4.39 Å². The zero-order chi connectivity index (χ0) is 15.4. The molecule has 0 saturated heterocycles. The monoisotopic (exact) mass is 308 g/mol. The fourth-order valence-corrected chi connectivity index (χ4v) is 2.49. The van der Waals surface area contributed by atoms with Crippen LogP contribution >= 0.6 is 11.6 Å². The van der Waals surface area contributed by atoms with Crippen molar-refractivity contribution in [3.63, 3.8) is 0 Å². The summed E-state index contributed by atoms with van der Waals surface area (Å²) in [6, 6.07) is 10.1. The van der Waals surface area contributed by atoms with Gasteiger partial charge in [-0.05, 0) is 37.1 Å². The normalized spacial score (nSPS) is 12.2. The summed E-state index contributed by atoms with van der Waals surface area (Å²) in [5.74, 6) is 5.98. The summed E-state index contributed by atoms with van der Waals surface area (Å²) in [4.78, 5) is 0. The van der Waals surface area contributed by atoms with Crippen LogP contribution < -0.4 is 16.0 Å². The topological polar surface area (TPSA) is 47.3 Å². The van der Waals surface area contributed by atoms with Crippen LogP contribution in [0.5, 0.6) is 5.75 Å². The molecule has 3 nitrogen and oxygen atoms in total. The average molecular weight is 309 g/mol. The van der Waals surface area contributed by atoms with Crippen molar-refractivity contribution in [2.24, 2.45) is 5.84 Å². The molecule has 0 bridgehead atoms. The minimum atomic E-state index is -0.378. The van der Waals surface area contributed by atoms with Crippen LogP contribution in [0.4, 0.5) is 4.39 Å². The molecule has 5 heteroatoms. The van der Waals surface area contributed by atoms with Gasteiger partial charge in [-0.15, -0.1) is 0 Å². The van der Waals surface area contributed by atoms with E-state index in [2.05, 4.69) is 5.43 Å². The maximum Gasteiger partial charge on any atom is 0.129 e. The molecule has 0 aliphatic heterocycles. The van der Waals surface area contributed by atoms with Crippen LogP contribution in [-0.4, -0.2) is 7.11 Å². The molecular weight excluding hydrogens is 291 g/mol. The summed E-state index contributed by atoms with van der Waals surface area (Å²) in [6.45, 7) is 2.00. The Balaban J connectivity index is 2.33. The molecule has 21 heavy (non-hydrogen) atoms. The lowest BCUT2D eigenvalue weighted by Crippen LogP contribution is -2.30. The molecule has 1 atom stereocenters. The average Bonchev–Trinajstić information content (AvgIpc) is 2.45. The number of hydrazine groups is 1. The van der Waals surface area contributed by atoms with Crippen LogP contribution in [0.3, 0.4) is 0 Å². The zero-order valence-corrected chi connectivity index (χ0v) is 12.7. The van der Waals surface area contributed by atoms with E-state index in [0.717, 1.165) is 16.9 Å². The van der Waals surface area contributed by atoms with Gasteiger partial charge in [0.2, 0.25) is 0 Å². The van der Waals surface area contributed by atoms with Gasteiger partial charge in [0.15, 0.2) is 0 Å². The molecule has 0 aliphatic rings. The number of benzene rings is 2. The van der Waals surface area contributed by atoms with E-state index in [1.54, 1.807) is 19.2 Å². The standard InChI is InChI=1S/C16H18ClFN2O/c1-10-3-6-16(21-2)11(7-10)8-15(20-19)13-5-4-12(17)9-14(13)18/h3-7,9,15,20H,8,19H2,1-2H3. The SMILES string of the molecule is COc1ccc(C)cc1CC(NN)c1ccc(Cl)cc1F. The highest BCUT2D eigenvalue weighted by Crippen LogP contribution is 2.28. The maximum atomic E-state index is 14.0. The van der Waals surface area contributed by atoms with Gasteiger partial charge in [-0.1, -0.05) is 35.4 Å². The third kappa shape index (κ3) is 3.73. The Morgan fingerprint density at radius 3 is 2.67 bits per heavy atom. The lowest BCUT2D eigenvalue weighted by Gasteiger charge is -2.19. The van der Waals surface area contributed by atoms with E-state index in [1.165, 1.54) is 6.07 Å². The lowest BCUT2D eigenvalue weighted by atomic mass is 9.97. The van der Waals surface area contributed by atoms with E-state index < -0.39 is 0 Å². The molecule has 2 aromatic carbocycles. The molecular formula is C16H18ClFN2O. The Bertz CT molecular complexity index is 634. The van der Waals surface area contributed by atoms with E-state index in [1.807, 2.05) is 25.1 Å². The number of ether oxygens (including phenoxy) is 1. The van der Waals surface area contributed by atoms with Crippen LogP contribution in [0.15, 0.2) is 36.4 Å². The Kier molecular flexibility index (Phi) is 5.17. The Labute approximate surface area is 128 Å². The van der Waals surface area contributed by atoms with Crippen molar-refractivity contribution < 1.29 is 9.13 Å². The molecule has 112 valence electrons. The first-order valence-corrected chi connectivity index (χ1v) is 6.97. The summed E-state index contributed by atoms with van der Waals surface area (Å²) in [5.41, 5.74) is 5.21. The molecule has 2 aromatic rings. The number of hydrogen-bond acceptors (Lipinski definition) is 3. The smallest absolute Gasteiger partial charge is 0.129 e. The van der Waals surface area contributed by atoms with E-state index >= 15 is 0 Å². The van der Waals surface area contributed by atoms with Gasteiger partial charge in [0.1, 0.15) is 11.6 Å². The molecule has 0 saturated carbocycles. The molecule has 0 heterocycles. The predicted molar refractivity (Wildman–Crippen MR) is 82.9 cm³/mol. The molecule has 0 amide bonds. The second-order valence-electron chi connectivity index (χ2n) is 4.90. The van der Waals surface area contributed by atoms with Crippen LogP contribution in [0.2, 0.25) is 5.02 Å². The summed E-state index contributed by atoms with van der Waals surface area (Å²) in [5, 5.41) is 0.361. The molecule has 0 aliphatic carbocycles. The minimum absolute atomic E-state index is 0.361. The number of halogens is 2. The van der Waals surface area contributed by atoms with Gasteiger partial charge < -0.3 is 4.74 Å². The number of hydrogen-bond donors (Lipinski definition) is 2. The fourth-order valence-electron chi connectivity index (χ4n) is 2.33. The fraction of sp³-hybridized carbons (Fsp3) is 0.250. The first-order valence-electron chi connectivity index (χ1n) is 6.59. The molecule has 3 N–H and O–H groups in total. The molecule has 0 fully saturated rings. The first-order chi connectivity index (χ1) is 10.0. The highest BCUT2D eigenvalue weighted by molar-refractivity contribution is 6.30. The minimum Gasteiger partial charge on any atom is -0.496 e. The molecule has 0 radical (unpaired) electrons. The number of nitrogens with two attached hydrogens (primary N) is 1. The third-order valence-electron chi connectivity index (χ3n) is 3.40. The highest BCUT2D eigenvalue weighted by Gasteiger charge is 2.17. The van der Waals surface area contributed by atoms with Crippen molar-refractivity contribution in [1.29, 1.82) is 0 Å². The summed E-state index contributed by atoms with van der Waals surface area (Å²) in [7, 11) is 1.61. The van der Waals surface area contributed by atoms with Gasteiger partial charge in [0, 0.05) is 10.6 Å². The second kappa shape index (κ2) is 6.89.